The summed E-state index contributed by atoms with van der Waals surface area (Å²) in [6.45, 7) is 8.66. The molecular formula is C18H25IN2O3. The van der Waals surface area contributed by atoms with Crippen molar-refractivity contribution in [1.29, 1.82) is 0 Å². The number of benzene rings is 1. The van der Waals surface area contributed by atoms with Gasteiger partial charge in [-0.3, -0.25) is 4.79 Å². The van der Waals surface area contributed by atoms with E-state index in [0.29, 0.717) is 25.9 Å². The Bertz CT molecular complexity index is 617. The minimum atomic E-state index is -0.493. The molecule has 1 fully saturated rings. The second kappa shape index (κ2) is 7.72. The van der Waals surface area contributed by atoms with Gasteiger partial charge < -0.3 is 15.0 Å². The van der Waals surface area contributed by atoms with Gasteiger partial charge in [-0.25, -0.2) is 4.79 Å². The van der Waals surface area contributed by atoms with Gasteiger partial charge in [-0.05, 0) is 80.8 Å². The first-order valence-electron chi connectivity index (χ1n) is 8.20. The molecule has 24 heavy (non-hydrogen) atoms. The maximum atomic E-state index is 12.5. The van der Waals surface area contributed by atoms with E-state index in [1.165, 1.54) is 0 Å². The van der Waals surface area contributed by atoms with E-state index in [-0.39, 0.29) is 17.9 Å². The third-order valence-corrected chi connectivity index (χ3v) is 4.65. The number of amides is 2. The number of ether oxygens (including phenoxy) is 1. The van der Waals surface area contributed by atoms with Crippen LogP contribution in [0.5, 0.6) is 0 Å². The van der Waals surface area contributed by atoms with Crippen LogP contribution in [0.4, 0.5) is 10.5 Å². The van der Waals surface area contributed by atoms with E-state index >= 15 is 0 Å². The Balaban J connectivity index is 1.89. The molecule has 1 saturated heterocycles. The standard InChI is InChI=1S/C18H25IN2O3/c1-12-5-6-14(19)11-15(12)20-16(22)13-7-9-21(10-8-13)17(23)24-18(2,3)4/h5-6,11,13H,7-10H2,1-4H3,(H,20,22). The molecule has 0 unspecified atom stereocenters. The van der Waals surface area contributed by atoms with E-state index in [2.05, 4.69) is 27.9 Å². The van der Waals surface area contributed by atoms with E-state index in [1.54, 1.807) is 4.90 Å². The van der Waals surface area contributed by atoms with Crippen molar-refractivity contribution < 1.29 is 14.3 Å². The summed E-state index contributed by atoms with van der Waals surface area (Å²) in [5.41, 5.74) is 1.42. The van der Waals surface area contributed by atoms with Gasteiger partial charge in [0, 0.05) is 28.3 Å². The van der Waals surface area contributed by atoms with Crippen LogP contribution in [0.15, 0.2) is 18.2 Å². The fraction of sp³-hybridized carbons (Fsp3) is 0.556. The van der Waals surface area contributed by atoms with Crippen LogP contribution in [0.25, 0.3) is 0 Å². The summed E-state index contributed by atoms with van der Waals surface area (Å²) in [4.78, 5) is 26.2. The SMILES string of the molecule is Cc1ccc(I)cc1NC(=O)C1CCN(C(=O)OC(C)(C)C)CC1. The molecule has 1 heterocycles. The van der Waals surface area contributed by atoms with E-state index in [4.69, 9.17) is 4.74 Å². The third kappa shape index (κ3) is 5.36. The molecule has 0 bridgehead atoms. The predicted octanol–water partition coefficient (Wildman–Crippen LogP) is 4.19. The molecule has 2 amide bonds. The van der Waals surface area contributed by atoms with Crippen molar-refractivity contribution >= 4 is 40.3 Å². The maximum Gasteiger partial charge on any atom is 0.410 e. The zero-order valence-electron chi connectivity index (χ0n) is 14.7. The molecule has 0 aromatic heterocycles. The summed E-state index contributed by atoms with van der Waals surface area (Å²) >= 11 is 2.23. The molecule has 1 aromatic carbocycles. The van der Waals surface area contributed by atoms with Crippen molar-refractivity contribution in [1.82, 2.24) is 4.90 Å². The summed E-state index contributed by atoms with van der Waals surface area (Å²) in [5.74, 6) is -0.0371. The second-order valence-corrected chi connectivity index (χ2v) is 8.44. The number of carbonyl (C=O) groups excluding carboxylic acids is 2. The Morgan fingerprint density at radius 1 is 1.25 bits per heavy atom. The van der Waals surface area contributed by atoms with E-state index in [0.717, 1.165) is 14.8 Å². The number of aryl methyl sites for hydroxylation is 1. The first-order chi connectivity index (χ1) is 11.2. The fourth-order valence-corrected chi connectivity index (χ4v) is 3.11. The molecule has 132 valence electrons. The van der Waals surface area contributed by atoms with Gasteiger partial charge in [-0.15, -0.1) is 0 Å². The molecule has 1 aliphatic rings. The van der Waals surface area contributed by atoms with Crippen molar-refractivity contribution in [3.8, 4) is 0 Å². The highest BCUT2D eigenvalue weighted by Gasteiger charge is 2.30. The highest BCUT2D eigenvalue weighted by molar-refractivity contribution is 14.1. The number of likely N-dealkylation sites (tertiary alicyclic amines) is 1. The fourth-order valence-electron chi connectivity index (χ4n) is 2.61. The molecule has 0 spiro atoms. The second-order valence-electron chi connectivity index (χ2n) is 7.19. The zero-order chi connectivity index (χ0) is 17.9. The summed E-state index contributed by atoms with van der Waals surface area (Å²) < 4.78 is 6.47. The van der Waals surface area contributed by atoms with Crippen LogP contribution in [0.2, 0.25) is 0 Å². The molecule has 1 N–H and O–H groups in total. The quantitative estimate of drug-likeness (QED) is 0.697. The highest BCUT2D eigenvalue weighted by Crippen LogP contribution is 2.23. The van der Waals surface area contributed by atoms with E-state index in [1.807, 2.05) is 45.9 Å². The van der Waals surface area contributed by atoms with Crippen LogP contribution in [0.3, 0.4) is 0 Å². The van der Waals surface area contributed by atoms with Gasteiger partial charge in [0.2, 0.25) is 5.91 Å². The van der Waals surface area contributed by atoms with E-state index in [9.17, 15) is 9.59 Å². The number of nitrogens with one attached hydrogen (secondary N) is 1. The first-order valence-corrected chi connectivity index (χ1v) is 9.28. The van der Waals surface area contributed by atoms with Gasteiger partial charge in [-0.1, -0.05) is 6.07 Å². The summed E-state index contributed by atoms with van der Waals surface area (Å²) in [6.07, 6.45) is 1.03. The lowest BCUT2D eigenvalue weighted by molar-refractivity contribution is -0.121. The first kappa shape index (κ1) is 19.0. The van der Waals surface area contributed by atoms with Gasteiger partial charge in [0.15, 0.2) is 0 Å². The molecule has 0 radical (unpaired) electrons. The van der Waals surface area contributed by atoms with Crippen molar-refractivity contribution in [3.05, 3.63) is 27.3 Å². The predicted molar refractivity (Wildman–Crippen MR) is 103 cm³/mol. The Morgan fingerprint density at radius 2 is 1.88 bits per heavy atom. The molecule has 5 nitrogen and oxygen atoms in total. The van der Waals surface area contributed by atoms with Crippen molar-refractivity contribution in [3.63, 3.8) is 0 Å². The Hall–Kier alpha value is -1.31. The number of hydrogen-bond acceptors (Lipinski definition) is 3. The third-order valence-electron chi connectivity index (χ3n) is 3.97. The average Bonchev–Trinajstić information content (AvgIpc) is 2.49. The van der Waals surface area contributed by atoms with E-state index < -0.39 is 5.60 Å². The highest BCUT2D eigenvalue weighted by atomic mass is 127. The average molecular weight is 444 g/mol. The number of rotatable bonds is 2. The number of nitrogens with zero attached hydrogens (tertiary/aromatic N) is 1. The topological polar surface area (TPSA) is 58.6 Å². The van der Waals surface area contributed by atoms with Crippen LogP contribution < -0.4 is 5.32 Å². The summed E-state index contributed by atoms with van der Waals surface area (Å²) in [6, 6.07) is 6.00. The molecule has 1 aromatic rings. The van der Waals surface area contributed by atoms with Crippen molar-refractivity contribution in [2.24, 2.45) is 5.92 Å². The van der Waals surface area contributed by atoms with Gasteiger partial charge in [0.05, 0.1) is 0 Å². The molecule has 0 atom stereocenters. The largest absolute Gasteiger partial charge is 0.444 e. The Labute approximate surface area is 157 Å². The number of carbonyl (C=O) groups is 2. The minimum Gasteiger partial charge on any atom is -0.444 e. The maximum absolute atomic E-state index is 12.5. The molecule has 0 aliphatic carbocycles. The molecule has 6 heteroatoms. The number of anilines is 1. The Kier molecular flexibility index (Phi) is 6.11. The lowest BCUT2D eigenvalue weighted by Crippen LogP contribution is -2.43. The van der Waals surface area contributed by atoms with Crippen LogP contribution in [-0.4, -0.2) is 35.6 Å². The molecule has 1 aliphatic heterocycles. The van der Waals surface area contributed by atoms with Crippen LogP contribution in [0.1, 0.15) is 39.2 Å². The smallest absolute Gasteiger partial charge is 0.410 e. The monoisotopic (exact) mass is 444 g/mol. The number of piperidine rings is 1. The lowest BCUT2D eigenvalue weighted by atomic mass is 9.96. The number of halogens is 1. The van der Waals surface area contributed by atoms with Gasteiger partial charge in [0.1, 0.15) is 5.60 Å². The molecular weight excluding hydrogens is 419 g/mol. The minimum absolute atomic E-state index is 0.0314. The molecule has 0 saturated carbocycles. The lowest BCUT2D eigenvalue weighted by Gasteiger charge is -2.33. The van der Waals surface area contributed by atoms with Crippen LogP contribution in [0, 0.1) is 16.4 Å². The Morgan fingerprint density at radius 3 is 2.46 bits per heavy atom. The number of hydrogen-bond donors (Lipinski definition) is 1. The zero-order valence-corrected chi connectivity index (χ0v) is 16.8. The van der Waals surface area contributed by atoms with Crippen LogP contribution in [-0.2, 0) is 9.53 Å². The van der Waals surface area contributed by atoms with Crippen molar-refractivity contribution in [2.75, 3.05) is 18.4 Å². The normalized spacial score (nSPS) is 16.0. The van der Waals surface area contributed by atoms with Gasteiger partial charge in [0.25, 0.3) is 0 Å². The van der Waals surface area contributed by atoms with Gasteiger partial charge >= 0.3 is 6.09 Å². The van der Waals surface area contributed by atoms with Crippen LogP contribution >= 0.6 is 22.6 Å². The summed E-state index contributed by atoms with van der Waals surface area (Å²) in [7, 11) is 0. The summed E-state index contributed by atoms with van der Waals surface area (Å²) in [5, 5.41) is 3.02. The van der Waals surface area contributed by atoms with Gasteiger partial charge in [-0.2, -0.15) is 0 Å². The molecule has 2 rings (SSSR count). The van der Waals surface area contributed by atoms with Crippen molar-refractivity contribution in [2.45, 2.75) is 46.1 Å².